The van der Waals surface area contributed by atoms with Crippen molar-refractivity contribution in [3.63, 3.8) is 0 Å². The Hall–Kier alpha value is -1.97. The van der Waals surface area contributed by atoms with Crippen molar-refractivity contribution in [3.05, 3.63) is 48.0 Å². The van der Waals surface area contributed by atoms with E-state index in [1.54, 1.807) is 12.4 Å². The number of hydrogen-bond acceptors (Lipinski definition) is 2. The van der Waals surface area contributed by atoms with Crippen molar-refractivity contribution < 1.29 is 9.53 Å². The maximum atomic E-state index is 12.3. The predicted molar refractivity (Wildman–Crippen MR) is 69.3 cm³/mol. The van der Waals surface area contributed by atoms with Gasteiger partial charge < -0.3 is 14.7 Å². The lowest BCUT2D eigenvalue weighted by Crippen LogP contribution is -2.28. The molecule has 96 valence electrons. The van der Waals surface area contributed by atoms with Gasteiger partial charge in [0.15, 0.2) is 0 Å². The Morgan fingerprint density at radius 3 is 1.94 bits per heavy atom. The van der Waals surface area contributed by atoms with Crippen LogP contribution in [0.15, 0.2) is 36.7 Å². The van der Waals surface area contributed by atoms with Crippen LogP contribution in [-0.2, 0) is 9.53 Å². The van der Waals surface area contributed by atoms with Gasteiger partial charge in [-0.3, -0.25) is 4.79 Å². The highest BCUT2D eigenvalue weighted by atomic mass is 16.6. The molecule has 0 aliphatic rings. The minimum atomic E-state index is -0.492. The number of H-pyrrole nitrogens is 2. The number of carbonyl (C=O) groups is 1. The maximum Gasteiger partial charge on any atom is 0.321 e. The molecule has 2 N–H and O–H groups in total. The van der Waals surface area contributed by atoms with Gasteiger partial charge in [0.05, 0.1) is 0 Å². The van der Waals surface area contributed by atoms with Gasteiger partial charge in [-0.2, -0.15) is 0 Å². The summed E-state index contributed by atoms with van der Waals surface area (Å²) in [5.41, 5.74) is 1.16. The van der Waals surface area contributed by atoms with E-state index < -0.39 is 11.5 Å². The fourth-order valence-electron chi connectivity index (χ4n) is 1.83. The summed E-state index contributed by atoms with van der Waals surface area (Å²) >= 11 is 0. The Balaban J connectivity index is 2.29. The topological polar surface area (TPSA) is 57.9 Å². The first kappa shape index (κ1) is 12.5. The van der Waals surface area contributed by atoms with Gasteiger partial charge in [-0.1, -0.05) is 0 Å². The summed E-state index contributed by atoms with van der Waals surface area (Å²) in [5.74, 6) is -0.693. The van der Waals surface area contributed by atoms with Gasteiger partial charge >= 0.3 is 5.97 Å². The standard InChI is InChI=1S/C14H18N2O2/c1-14(2,3)18-13(17)12(10-6-4-8-15-10)11-7-5-9-16-11/h4-9,12,15-16H,1-3H3. The van der Waals surface area contributed by atoms with E-state index in [0.29, 0.717) is 0 Å². The van der Waals surface area contributed by atoms with Gasteiger partial charge in [-0.15, -0.1) is 0 Å². The van der Waals surface area contributed by atoms with Crippen LogP contribution in [0.3, 0.4) is 0 Å². The van der Waals surface area contributed by atoms with Gasteiger partial charge in [-0.25, -0.2) is 0 Å². The number of hydrogen-bond donors (Lipinski definition) is 2. The first-order valence-electron chi connectivity index (χ1n) is 5.97. The van der Waals surface area contributed by atoms with Gasteiger partial charge in [-0.05, 0) is 45.0 Å². The van der Waals surface area contributed by atoms with E-state index in [-0.39, 0.29) is 5.97 Å². The van der Waals surface area contributed by atoms with Crippen molar-refractivity contribution in [3.8, 4) is 0 Å². The van der Waals surface area contributed by atoms with Crippen LogP contribution in [0.4, 0.5) is 0 Å². The molecule has 0 aliphatic heterocycles. The molecule has 4 heteroatoms. The van der Waals surface area contributed by atoms with Crippen molar-refractivity contribution >= 4 is 5.97 Å². The number of nitrogens with one attached hydrogen (secondary N) is 2. The van der Waals surface area contributed by atoms with Gasteiger partial charge in [0, 0.05) is 23.8 Å². The van der Waals surface area contributed by atoms with E-state index in [1.807, 2.05) is 45.0 Å². The first-order chi connectivity index (χ1) is 8.47. The summed E-state index contributed by atoms with van der Waals surface area (Å²) in [6, 6.07) is 7.51. The lowest BCUT2D eigenvalue weighted by Gasteiger charge is -2.23. The zero-order chi connectivity index (χ0) is 13.2. The number of esters is 1. The minimum absolute atomic E-state index is 0.257. The fourth-order valence-corrected chi connectivity index (χ4v) is 1.83. The molecule has 0 saturated carbocycles. The van der Waals surface area contributed by atoms with Crippen LogP contribution in [-0.4, -0.2) is 21.5 Å². The number of aromatic amines is 2. The normalized spacial score (nSPS) is 11.8. The summed E-state index contributed by atoms with van der Waals surface area (Å²) in [7, 11) is 0. The number of carbonyl (C=O) groups excluding carboxylic acids is 1. The Morgan fingerprint density at radius 2 is 1.61 bits per heavy atom. The fraction of sp³-hybridized carbons (Fsp3) is 0.357. The highest BCUT2D eigenvalue weighted by Gasteiger charge is 2.29. The molecule has 0 fully saturated rings. The van der Waals surface area contributed by atoms with E-state index in [0.717, 1.165) is 11.4 Å². The third-order valence-electron chi connectivity index (χ3n) is 2.51. The largest absolute Gasteiger partial charge is 0.459 e. The molecule has 0 saturated heterocycles. The van der Waals surface area contributed by atoms with Crippen LogP contribution in [0.1, 0.15) is 38.1 Å². The maximum absolute atomic E-state index is 12.3. The minimum Gasteiger partial charge on any atom is -0.459 e. The van der Waals surface area contributed by atoms with Crippen molar-refractivity contribution in [2.24, 2.45) is 0 Å². The average Bonchev–Trinajstić information content (AvgIpc) is 2.87. The molecule has 0 unspecified atom stereocenters. The summed E-state index contributed by atoms with van der Waals surface area (Å²) in [6.07, 6.45) is 3.60. The second-order valence-electron chi connectivity index (χ2n) is 5.22. The predicted octanol–water partition coefficient (Wildman–Crippen LogP) is 2.82. The molecule has 0 radical (unpaired) electrons. The van der Waals surface area contributed by atoms with E-state index in [9.17, 15) is 4.79 Å². The zero-order valence-corrected chi connectivity index (χ0v) is 10.9. The van der Waals surface area contributed by atoms with Crippen molar-refractivity contribution in [1.29, 1.82) is 0 Å². The summed E-state index contributed by atoms with van der Waals surface area (Å²) in [6.45, 7) is 5.60. The van der Waals surface area contributed by atoms with Crippen molar-refractivity contribution in [1.82, 2.24) is 9.97 Å². The molecule has 18 heavy (non-hydrogen) atoms. The van der Waals surface area contributed by atoms with E-state index in [1.165, 1.54) is 0 Å². The Bertz CT molecular complexity index is 458. The molecule has 2 heterocycles. The van der Waals surface area contributed by atoms with Crippen LogP contribution in [0.25, 0.3) is 0 Å². The molecule has 4 nitrogen and oxygen atoms in total. The van der Waals surface area contributed by atoms with Crippen LogP contribution in [0.5, 0.6) is 0 Å². The highest BCUT2D eigenvalue weighted by molar-refractivity contribution is 5.81. The third kappa shape index (κ3) is 2.83. The number of aromatic nitrogens is 2. The smallest absolute Gasteiger partial charge is 0.321 e. The molecule has 0 bridgehead atoms. The van der Waals surface area contributed by atoms with Crippen LogP contribution >= 0.6 is 0 Å². The number of rotatable bonds is 3. The zero-order valence-electron chi connectivity index (χ0n) is 10.9. The molecule has 0 aliphatic carbocycles. The lowest BCUT2D eigenvalue weighted by atomic mass is 10.0. The SMILES string of the molecule is CC(C)(C)OC(=O)C(c1ccc[nH]1)c1ccc[nH]1. The van der Waals surface area contributed by atoms with Crippen LogP contribution in [0.2, 0.25) is 0 Å². The molecular weight excluding hydrogens is 228 g/mol. The second-order valence-corrected chi connectivity index (χ2v) is 5.22. The second kappa shape index (κ2) is 4.72. The molecule has 2 aromatic heterocycles. The van der Waals surface area contributed by atoms with Crippen molar-refractivity contribution in [2.45, 2.75) is 32.3 Å². The van der Waals surface area contributed by atoms with Crippen LogP contribution < -0.4 is 0 Å². The average molecular weight is 246 g/mol. The van der Waals surface area contributed by atoms with Crippen LogP contribution in [0, 0.1) is 0 Å². The Labute approximate surface area is 106 Å². The van der Waals surface area contributed by atoms with Gasteiger partial charge in [0.25, 0.3) is 0 Å². The third-order valence-corrected chi connectivity index (χ3v) is 2.51. The lowest BCUT2D eigenvalue weighted by molar-refractivity contribution is -0.155. The van der Waals surface area contributed by atoms with E-state index in [2.05, 4.69) is 9.97 Å². The molecular formula is C14H18N2O2. The van der Waals surface area contributed by atoms with E-state index >= 15 is 0 Å². The highest BCUT2D eigenvalue weighted by Crippen LogP contribution is 2.25. The molecule has 0 aromatic carbocycles. The molecule has 0 atom stereocenters. The number of ether oxygens (including phenoxy) is 1. The van der Waals surface area contributed by atoms with E-state index in [4.69, 9.17) is 4.74 Å². The Morgan fingerprint density at radius 1 is 1.11 bits per heavy atom. The van der Waals surface area contributed by atoms with Crippen molar-refractivity contribution in [2.75, 3.05) is 0 Å². The van der Waals surface area contributed by atoms with Gasteiger partial charge in [0.2, 0.25) is 0 Å². The molecule has 2 rings (SSSR count). The molecule has 0 amide bonds. The monoisotopic (exact) mass is 246 g/mol. The quantitative estimate of drug-likeness (QED) is 0.818. The molecule has 2 aromatic rings. The van der Waals surface area contributed by atoms with Gasteiger partial charge in [0.1, 0.15) is 11.5 Å². The first-order valence-corrected chi connectivity index (χ1v) is 5.97. The Kier molecular flexibility index (Phi) is 3.28. The summed E-state index contributed by atoms with van der Waals surface area (Å²) in [5, 5.41) is 0. The molecule has 0 spiro atoms. The summed E-state index contributed by atoms with van der Waals surface area (Å²) in [4.78, 5) is 18.4. The summed E-state index contributed by atoms with van der Waals surface area (Å²) < 4.78 is 5.47.